The lowest BCUT2D eigenvalue weighted by Crippen LogP contribution is -2.13. The molecule has 1 heterocycles. The zero-order valence-electron chi connectivity index (χ0n) is 14.4. The second-order valence-electron chi connectivity index (χ2n) is 5.77. The molecule has 8 heteroatoms. The molecule has 2 aromatic carbocycles. The molecule has 140 valence electrons. The summed E-state index contributed by atoms with van der Waals surface area (Å²) in [6, 6.07) is 9.63. The summed E-state index contributed by atoms with van der Waals surface area (Å²) >= 11 is 0. The fourth-order valence-electron chi connectivity index (χ4n) is 2.42. The van der Waals surface area contributed by atoms with Crippen LogP contribution in [0.3, 0.4) is 0 Å². The molecule has 0 radical (unpaired) electrons. The molecule has 3 aromatic rings. The van der Waals surface area contributed by atoms with E-state index in [1.807, 2.05) is 13.0 Å². The van der Waals surface area contributed by atoms with Gasteiger partial charge in [-0.3, -0.25) is 4.79 Å². The number of carbonyl (C=O) groups excluding carboxylic acids is 1. The summed E-state index contributed by atoms with van der Waals surface area (Å²) in [5, 5.41) is 2.68. The molecule has 0 aliphatic carbocycles. The first-order valence-electron chi connectivity index (χ1n) is 7.87. The molecule has 0 saturated carbocycles. The quantitative estimate of drug-likeness (QED) is 0.701. The van der Waals surface area contributed by atoms with Crippen molar-refractivity contribution in [1.82, 2.24) is 4.98 Å². The number of hydrogen-bond acceptors (Lipinski definition) is 4. The lowest BCUT2D eigenvalue weighted by atomic mass is 10.1. The van der Waals surface area contributed by atoms with Crippen LogP contribution in [0.4, 0.5) is 18.9 Å². The Morgan fingerprint density at radius 1 is 1.15 bits per heavy atom. The zero-order chi connectivity index (χ0) is 19.6. The Kier molecular flexibility index (Phi) is 4.89. The molecule has 0 spiro atoms. The number of rotatable bonds is 4. The number of hydrogen-bond donors (Lipinski definition) is 1. The summed E-state index contributed by atoms with van der Waals surface area (Å²) in [4.78, 5) is 16.4. The third-order valence-corrected chi connectivity index (χ3v) is 3.80. The van der Waals surface area contributed by atoms with Crippen molar-refractivity contribution in [2.75, 3.05) is 12.4 Å². The van der Waals surface area contributed by atoms with E-state index >= 15 is 0 Å². The number of alkyl halides is 3. The SMILES string of the molecule is COc1ccc(C)cc1NC(=O)c1coc(-c2ccc(C(F)(F)F)cc2)n1. The first kappa shape index (κ1) is 18.5. The number of halogens is 3. The maximum Gasteiger partial charge on any atom is 0.416 e. The van der Waals surface area contributed by atoms with E-state index in [1.54, 1.807) is 12.1 Å². The van der Waals surface area contributed by atoms with Crippen LogP contribution in [0, 0.1) is 6.92 Å². The zero-order valence-corrected chi connectivity index (χ0v) is 14.4. The van der Waals surface area contributed by atoms with Crippen molar-refractivity contribution in [1.29, 1.82) is 0 Å². The summed E-state index contributed by atoms with van der Waals surface area (Å²) in [6.07, 6.45) is -3.28. The smallest absolute Gasteiger partial charge is 0.416 e. The largest absolute Gasteiger partial charge is 0.495 e. The van der Waals surface area contributed by atoms with Gasteiger partial charge < -0.3 is 14.5 Å². The van der Waals surface area contributed by atoms with Gasteiger partial charge in [0.15, 0.2) is 5.69 Å². The fourth-order valence-corrected chi connectivity index (χ4v) is 2.42. The number of aryl methyl sites for hydroxylation is 1. The predicted molar refractivity (Wildman–Crippen MR) is 92.6 cm³/mol. The number of aromatic nitrogens is 1. The topological polar surface area (TPSA) is 64.4 Å². The van der Waals surface area contributed by atoms with Gasteiger partial charge in [0.25, 0.3) is 5.91 Å². The molecule has 0 atom stereocenters. The highest BCUT2D eigenvalue weighted by atomic mass is 19.4. The van der Waals surface area contributed by atoms with E-state index in [0.717, 1.165) is 24.0 Å². The second-order valence-corrected chi connectivity index (χ2v) is 5.77. The summed E-state index contributed by atoms with van der Waals surface area (Å²) in [6.45, 7) is 1.87. The van der Waals surface area contributed by atoms with Crippen LogP contribution < -0.4 is 10.1 Å². The van der Waals surface area contributed by atoms with Crippen LogP contribution in [0.1, 0.15) is 21.6 Å². The molecule has 1 aromatic heterocycles. The monoisotopic (exact) mass is 376 g/mol. The first-order chi connectivity index (χ1) is 12.8. The lowest BCUT2D eigenvalue weighted by molar-refractivity contribution is -0.137. The highest BCUT2D eigenvalue weighted by Gasteiger charge is 2.30. The van der Waals surface area contributed by atoms with Gasteiger partial charge in [-0.2, -0.15) is 13.2 Å². The molecule has 1 amide bonds. The summed E-state index contributed by atoms with van der Waals surface area (Å²) in [7, 11) is 1.49. The Morgan fingerprint density at radius 3 is 2.48 bits per heavy atom. The number of carbonyl (C=O) groups is 1. The number of methoxy groups -OCH3 is 1. The number of nitrogens with zero attached hydrogens (tertiary/aromatic N) is 1. The van der Waals surface area contributed by atoms with Crippen molar-refractivity contribution in [3.05, 3.63) is 65.5 Å². The maximum atomic E-state index is 12.6. The van der Waals surface area contributed by atoms with Gasteiger partial charge in [0, 0.05) is 5.56 Å². The van der Waals surface area contributed by atoms with Crippen molar-refractivity contribution < 1.29 is 27.1 Å². The van der Waals surface area contributed by atoms with Crippen LogP contribution in [-0.2, 0) is 6.18 Å². The molecule has 0 fully saturated rings. The third-order valence-electron chi connectivity index (χ3n) is 3.80. The molecule has 5 nitrogen and oxygen atoms in total. The van der Waals surface area contributed by atoms with Crippen molar-refractivity contribution in [2.24, 2.45) is 0 Å². The molecular formula is C19H15F3N2O3. The van der Waals surface area contributed by atoms with Crippen LogP contribution in [-0.4, -0.2) is 18.0 Å². The minimum absolute atomic E-state index is 0.00606. The van der Waals surface area contributed by atoms with E-state index in [1.165, 1.54) is 19.2 Å². The van der Waals surface area contributed by atoms with Crippen molar-refractivity contribution in [3.8, 4) is 17.2 Å². The van der Waals surface area contributed by atoms with Gasteiger partial charge in [-0.15, -0.1) is 0 Å². The van der Waals surface area contributed by atoms with E-state index in [9.17, 15) is 18.0 Å². The molecule has 0 aliphatic heterocycles. The number of nitrogens with one attached hydrogen (secondary N) is 1. The molecule has 0 bridgehead atoms. The van der Waals surface area contributed by atoms with Gasteiger partial charge in [0.05, 0.1) is 18.4 Å². The molecule has 1 N–H and O–H groups in total. The molecule has 0 aliphatic rings. The van der Waals surface area contributed by atoms with Crippen LogP contribution >= 0.6 is 0 Å². The number of anilines is 1. The molecular weight excluding hydrogens is 361 g/mol. The highest BCUT2D eigenvalue weighted by molar-refractivity contribution is 6.03. The van der Waals surface area contributed by atoms with Gasteiger partial charge in [-0.05, 0) is 48.9 Å². The predicted octanol–water partition coefficient (Wildman–Crippen LogP) is 4.93. The van der Waals surface area contributed by atoms with Gasteiger partial charge >= 0.3 is 6.18 Å². The minimum atomic E-state index is -4.42. The second kappa shape index (κ2) is 7.14. The van der Waals surface area contributed by atoms with Gasteiger partial charge in [-0.1, -0.05) is 6.07 Å². The normalized spacial score (nSPS) is 11.3. The van der Waals surface area contributed by atoms with E-state index in [4.69, 9.17) is 9.15 Å². The molecule has 3 rings (SSSR count). The van der Waals surface area contributed by atoms with Crippen molar-refractivity contribution in [3.63, 3.8) is 0 Å². The highest BCUT2D eigenvalue weighted by Crippen LogP contribution is 2.31. The Balaban J connectivity index is 1.79. The average molecular weight is 376 g/mol. The van der Waals surface area contributed by atoms with Crippen LogP contribution in [0.15, 0.2) is 53.1 Å². The first-order valence-corrected chi connectivity index (χ1v) is 7.87. The summed E-state index contributed by atoms with van der Waals surface area (Å²) < 4.78 is 48.3. The van der Waals surface area contributed by atoms with Crippen LogP contribution in [0.2, 0.25) is 0 Å². The maximum absolute atomic E-state index is 12.6. The standard InChI is InChI=1S/C19H15F3N2O3/c1-11-3-8-16(26-2)14(9-11)23-17(25)15-10-27-18(24-15)12-4-6-13(7-5-12)19(20,21)22/h3-10H,1-2H3,(H,23,25). The summed E-state index contributed by atoms with van der Waals surface area (Å²) in [5.41, 5.74) is 0.948. The number of benzene rings is 2. The van der Waals surface area contributed by atoms with Gasteiger partial charge in [0.1, 0.15) is 12.0 Å². The Labute approximate surface area is 152 Å². The summed E-state index contributed by atoms with van der Waals surface area (Å²) in [5.74, 6) is 0.00583. The van der Waals surface area contributed by atoms with Crippen LogP contribution in [0.25, 0.3) is 11.5 Å². The number of amides is 1. The minimum Gasteiger partial charge on any atom is -0.495 e. The number of oxazole rings is 1. The Morgan fingerprint density at radius 2 is 1.85 bits per heavy atom. The van der Waals surface area contributed by atoms with E-state index < -0.39 is 17.6 Å². The average Bonchev–Trinajstić information content (AvgIpc) is 3.11. The van der Waals surface area contributed by atoms with Crippen LogP contribution in [0.5, 0.6) is 5.75 Å². The lowest BCUT2D eigenvalue weighted by Gasteiger charge is -2.09. The fraction of sp³-hybridized carbons (Fsp3) is 0.158. The molecule has 27 heavy (non-hydrogen) atoms. The molecule has 0 saturated heterocycles. The van der Waals surface area contributed by atoms with Crippen molar-refractivity contribution in [2.45, 2.75) is 13.1 Å². The van der Waals surface area contributed by atoms with Gasteiger partial charge in [0.2, 0.25) is 5.89 Å². The van der Waals surface area contributed by atoms with Crippen molar-refractivity contribution >= 4 is 11.6 Å². The molecule has 0 unspecified atom stereocenters. The third kappa shape index (κ3) is 4.11. The van der Waals surface area contributed by atoms with E-state index in [-0.39, 0.29) is 11.6 Å². The Bertz CT molecular complexity index is 963. The van der Waals surface area contributed by atoms with E-state index in [0.29, 0.717) is 17.0 Å². The Hall–Kier alpha value is -3.29. The number of ether oxygens (including phenoxy) is 1. The van der Waals surface area contributed by atoms with Gasteiger partial charge in [-0.25, -0.2) is 4.98 Å². The van der Waals surface area contributed by atoms with E-state index in [2.05, 4.69) is 10.3 Å².